The van der Waals surface area contributed by atoms with Crippen LogP contribution in [0.1, 0.15) is 29.7 Å². The molecular formula is C17H17NO3. The van der Waals surface area contributed by atoms with Crippen molar-refractivity contribution < 1.29 is 13.9 Å². The molecule has 1 aliphatic heterocycles. The fraction of sp³-hybridized carbons (Fsp3) is 0.235. The van der Waals surface area contributed by atoms with Gasteiger partial charge in [-0.3, -0.25) is 4.79 Å². The molecule has 0 saturated heterocycles. The molecule has 4 nitrogen and oxygen atoms in total. The number of ether oxygens (including phenoxy) is 1. The van der Waals surface area contributed by atoms with Crippen LogP contribution in [-0.2, 0) is 16.0 Å². The van der Waals surface area contributed by atoms with Crippen molar-refractivity contribution in [2.24, 2.45) is 0 Å². The third-order valence-electron chi connectivity index (χ3n) is 3.64. The molecule has 1 N–H and O–H groups in total. The van der Waals surface area contributed by atoms with Gasteiger partial charge in [0.1, 0.15) is 0 Å². The second-order valence-corrected chi connectivity index (χ2v) is 4.93. The molecule has 1 atom stereocenters. The van der Waals surface area contributed by atoms with E-state index in [1.165, 1.54) is 5.56 Å². The number of carbonyl (C=O) groups is 1. The van der Waals surface area contributed by atoms with Gasteiger partial charge in [0.05, 0.1) is 18.1 Å². The number of benzene rings is 1. The van der Waals surface area contributed by atoms with Crippen molar-refractivity contribution in [1.82, 2.24) is 5.32 Å². The van der Waals surface area contributed by atoms with Crippen LogP contribution in [0.2, 0.25) is 0 Å². The van der Waals surface area contributed by atoms with Crippen LogP contribution in [0.5, 0.6) is 0 Å². The summed E-state index contributed by atoms with van der Waals surface area (Å²) in [6.07, 6.45) is 3.38. The van der Waals surface area contributed by atoms with E-state index in [0.29, 0.717) is 11.5 Å². The average molecular weight is 283 g/mol. The monoisotopic (exact) mass is 283 g/mol. The summed E-state index contributed by atoms with van der Waals surface area (Å²) in [5.74, 6) is 0.466. The van der Waals surface area contributed by atoms with E-state index in [9.17, 15) is 4.79 Å². The van der Waals surface area contributed by atoms with E-state index in [0.717, 1.165) is 17.5 Å². The number of Topliss-reactive ketones (excluding diaryl/α,β-unsaturated/α-hetero) is 1. The fourth-order valence-corrected chi connectivity index (χ4v) is 2.52. The largest absolute Gasteiger partial charge is 0.472 e. The number of furan rings is 1. The first-order chi connectivity index (χ1) is 10.2. The molecule has 3 rings (SSSR count). The van der Waals surface area contributed by atoms with Crippen molar-refractivity contribution >= 4 is 11.4 Å². The zero-order chi connectivity index (χ0) is 14.8. The van der Waals surface area contributed by atoms with Crippen molar-refractivity contribution in [2.45, 2.75) is 19.4 Å². The lowest BCUT2D eigenvalue weighted by molar-refractivity contribution is -0.120. The molecule has 0 radical (unpaired) electrons. The summed E-state index contributed by atoms with van der Waals surface area (Å²) in [5, 5.41) is 2.98. The highest BCUT2D eigenvalue weighted by Gasteiger charge is 2.37. The summed E-state index contributed by atoms with van der Waals surface area (Å²) in [6.45, 7) is 2.09. The van der Waals surface area contributed by atoms with Gasteiger partial charge in [0, 0.05) is 12.6 Å². The molecule has 1 aromatic carbocycles. The standard InChI is InChI=1S/C17H17NO3/c1-3-11-5-4-6-12(9-11)14-15(19)16(21-17(14)18-2)13-7-8-20-10-13/h4-10,16,18H,3H2,1-2H3. The molecule has 1 aromatic heterocycles. The van der Waals surface area contributed by atoms with Gasteiger partial charge in [-0.25, -0.2) is 0 Å². The lowest BCUT2D eigenvalue weighted by Crippen LogP contribution is -2.09. The van der Waals surface area contributed by atoms with E-state index in [1.807, 2.05) is 18.2 Å². The maximum Gasteiger partial charge on any atom is 0.214 e. The molecule has 0 bridgehead atoms. The minimum Gasteiger partial charge on any atom is -0.472 e. The van der Waals surface area contributed by atoms with Crippen molar-refractivity contribution in [3.63, 3.8) is 0 Å². The Hall–Kier alpha value is -2.49. The Morgan fingerprint density at radius 2 is 2.14 bits per heavy atom. The third kappa shape index (κ3) is 2.33. The van der Waals surface area contributed by atoms with Gasteiger partial charge in [-0.05, 0) is 23.6 Å². The Morgan fingerprint density at radius 1 is 1.29 bits per heavy atom. The molecule has 108 valence electrons. The van der Waals surface area contributed by atoms with E-state index in [1.54, 1.807) is 25.6 Å². The molecule has 0 amide bonds. The molecule has 1 unspecified atom stereocenters. The van der Waals surface area contributed by atoms with Gasteiger partial charge < -0.3 is 14.5 Å². The van der Waals surface area contributed by atoms with Gasteiger partial charge in [-0.1, -0.05) is 31.2 Å². The zero-order valence-corrected chi connectivity index (χ0v) is 12.1. The molecule has 0 spiro atoms. The van der Waals surface area contributed by atoms with Crippen LogP contribution in [-0.4, -0.2) is 12.8 Å². The first-order valence-corrected chi connectivity index (χ1v) is 6.99. The normalized spacial score (nSPS) is 18.0. The average Bonchev–Trinajstić information content (AvgIpc) is 3.14. The Labute approximate surface area is 123 Å². The second-order valence-electron chi connectivity index (χ2n) is 4.93. The highest BCUT2D eigenvalue weighted by atomic mass is 16.5. The van der Waals surface area contributed by atoms with Crippen LogP contribution in [0.4, 0.5) is 0 Å². The molecular weight excluding hydrogens is 266 g/mol. The maximum atomic E-state index is 12.7. The van der Waals surface area contributed by atoms with Crippen molar-refractivity contribution in [3.8, 4) is 0 Å². The van der Waals surface area contributed by atoms with Crippen molar-refractivity contribution in [2.75, 3.05) is 7.05 Å². The third-order valence-corrected chi connectivity index (χ3v) is 3.64. The fourth-order valence-electron chi connectivity index (χ4n) is 2.52. The predicted octanol–water partition coefficient (Wildman–Crippen LogP) is 3.07. The first kappa shape index (κ1) is 13.5. The maximum absolute atomic E-state index is 12.7. The SMILES string of the molecule is CCc1cccc(C2=C(NC)OC(c3ccoc3)C2=O)c1. The van der Waals surface area contributed by atoms with Crippen molar-refractivity contribution in [3.05, 3.63) is 65.4 Å². The minimum absolute atomic E-state index is 0.0472. The van der Waals surface area contributed by atoms with Crippen LogP contribution in [0.25, 0.3) is 5.57 Å². The van der Waals surface area contributed by atoms with E-state index >= 15 is 0 Å². The Bertz CT molecular complexity index is 686. The van der Waals surface area contributed by atoms with Crippen LogP contribution in [0.3, 0.4) is 0 Å². The topological polar surface area (TPSA) is 51.5 Å². The van der Waals surface area contributed by atoms with Gasteiger partial charge in [-0.2, -0.15) is 0 Å². The lowest BCUT2D eigenvalue weighted by atomic mass is 9.96. The van der Waals surface area contributed by atoms with Crippen LogP contribution in [0, 0.1) is 0 Å². The van der Waals surface area contributed by atoms with Gasteiger partial charge >= 0.3 is 0 Å². The summed E-state index contributed by atoms with van der Waals surface area (Å²) in [4.78, 5) is 12.7. The zero-order valence-electron chi connectivity index (χ0n) is 12.1. The quantitative estimate of drug-likeness (QED) is 0.937. The Morgan fingerprint density at radius 3 is 2.81 bits per heavy atom. The van der Waals surface area contributed by atoms with E-state index in [2.05, 4.69) is 18.3 Å². The summed E-state index contributed by atoms with van der Waals surface area (Å²) in [5.41, 5.74) is 3.40. The van der Waals surface area contributed by atoms with E-state index in [4.69, 9.17) is 9.15 Å². The summed E-state index contributed by atoms with van der Waals surface area (Å²) >= 11 is 0. The predicted molar refractivity (Wildman–Crippen MR) is 79.3 cm³/mol. The van der Waals surface area contributed by atoms with Gasteiger partial charge in [-0.15, -0.1) is 0 Å². The molecule has 2 aromatic rings. The molecule has 0 aliphatic carbocycles. The number of carbonyl (C=O) groups excluding carboxylic acids is 1. The van der Waals surface area contributed by atoms with Gasteiger partial charge in [0.25, 0.3) is 0 Å². The number of ketones is 1. The first-order valence-electron chi connectivity index (χ1n) is 6.99. The highest BCUT2D eigenvalue weighted by Crippen LogP contribution is 2.37. The number of aryl methyl sites for hydroxylation is 1. The summed E-state index contributed by atoms with van der Waals surface area (Å²) in [6, 6.07) is 9.74. The molecule has 0 saturated carbocycles. The van der Waals surface area contributed by atoms with E-state index in [-0.39, 0.29) is 5.78 Å². The molecule has 21 heavy (non-hydrogen) atoms. The van der Waals surface area contributed by atoms with Crippen LogP contribution in [0.15, 0.2) is 53.2 Å². The minimum atomic E-state index is -0.633. The van der Waals surface area contributed by atoms with Gasteiger partial charge in [0.2, 0.25) is 5.78 Å². The summed E-state index contributed by atoms with van der Waals surface area (Å²) < 4.78 is 10.8. The molecule has 2 heterocycles. The molecule has 0 fully saturated rings. The second kappa shape index (κ2) is 5.48. The number of hydrogen-bond acceptors (Lipinski definition) is 4. The van der Waals surface area contributed by atoms with E-state index < -0.39 is 6.10 Å². The number of rotatable bonds is 4. The lowest BCUT2D eigenvalue weighted by Gasteiger charge is -2.08. The number of hydrogen-bond donors (Lipinski definition) is 1. The van der Waals surface area contributed by atoms with Crippen molar-refractivity contribution in [1.29, 1.82) is 0 Å². The van der Waals surface area contributed by atoms with Crippen LogP contribution >= 0.6 is 0 Å². The molecule has 4 heteroatoms. The Balaban J connectivity index is 2.01. The highest BCUT2D eigenvalue weighted by molar-refractivity contribution is 6.25. The summed E-state index contributed by atoms with van der Waals surface area (Å²) in [7, 11) is 1.75. The molecule has 1 aliphatic rings. The van der Waals surface area contributed by atoms with Crippen LogP contribution < -0.4 is 5.32 Å². The number of nitrogens with one attached hydrogen (secondary N) is 1. The Kier molecular flexibility index (Phi) is 3.52. The van der Waals surface area contributed by atoms with Gasteiger partial charge in [0.15, 0.2) is 12.0 Å². The smallest absolute Gasteiger partial charge is 0.214 e.